The first-order valence-corrected chi connectivity index (χ1v) is 15.2. The fraction of sp³-hybridized carbons (Fsp3) is 0.243. The van der Waals surface area contributed by atoms with E-state index in [9.17, 15) is 14.7 Å². The normalized spacial score (nSPS) is 16.4. The summed E-state index contributed by atoms with van der Waals surface area (Å²) in [4.78, 5) is 27.8. The molecule has 2 N–H and O–H groups in total. The molecule has 1 aliphatic carbocycles. The second-order valence-corrected chi connectivity index (χ2v) is 11.1. The van der Waals surface area contributed by atoms with Crippen molar-refractivity contribution in [2.24, 2.45) is 0 Å². The molecule has 1 unspecified atom stereocenters. The number of benzene rings is 4. The molecular formula is C37H36N2O8. The molecule has 0 aromatic heterocycles. The average Bonchev–Trinajstić information content (AvgIpc) is 3.53. The molecule has 0 saturated carbocycles. The Morgan fingerprint density at radius 2 is 1.47 bits per heavy atom. The zero-order chi connectivity index (χ0) is 33.1. The summed E-state index contributed by atoms with van der Waals surface area (Å²) in [6.07, 6.45) is 2.91. The third kappa shape index (κ3) is 5.72. The molecule has 1 atom stereocenters. The Labute approximate surface area is 273 Å². The van der Waals surface area contributed by atoms with Gasteiger partial charge in [-0.25, -0.2) is 4.79 Å². The molecular weight excluding hydrogens is 600 g/mol. The summed E-state index contributed by atoms with van der Waals surface area (Å²) in [7, 11) is 4.64. The molecule has 4 aromatic carbocycles. The largest absolute Gasteiger partial charge is 0.493 e. The number of carbonyl (C=O) groups is 2. The lowest BCUT2D eigenvalue weighted by molar-refractivity contribution is -0.112. The second-order valence-electron chi connectivity index (χ2n) is 11.1. The van der Waals surface area contributed by atoms with Gasteiger partial charge in [0.15, 0.2) is 11.5 Å². The number of fused-ring (bicyclic) bond motifs is 3. The van der Waals surface area contributed by atoms with E-state index in [0.29, 0.717) is 35.3 Å². The quantitative estimate of drug-likeness (QED) is 0.147. The molecule has 10 nitrogen and oxygen atoms in total. The number of methoxy groups -OCH3 is 3. The zero-order valence-electron chi connectivity index (χ0n) is 26.6. The van der Waals surface area contributed by atoms with Gasteiger partial charge in [0.2, 0.25) is 11.4 Å². The minimum atomic E-state index is -1.69. The van der Waals surface area contributed by atoms with E-state index in [-0.39, 0.29) is 12.5 Å². The second kappa shape index (κ2) is 13.1. The van der Waals surface area contributed by atoms with Gasteiger partial charge in [-0.05, 0) is 64.6 Å². The Kier molecular flexibility index (Phi) is 8.78. The van der Waals surface area contributed by atoms with Crippen LogP contribution in [0.1, 0.15) is 35.1 Å². The summed E-state index contributed by atoms with van der Waals surface area (Å²) in [5.74, 6) is 1.31. The van der Waals surface area contributed by atoms with Crippen LogP contribution in [0.4, 0.5) is 10.5 Å². The van der Waals surface area contributed by atoms with E-state index in [1.807, 2.05) is 73.7 Å². The molecule has 0 bridgehead atoms. The Morgan fingerprint density at radius 3 is 2.04 bits per heavy atom. The lowest BCUT2D eigenvalue weighted by atomic mass is 9.98. The van der Waals surface area contributed by atoms with Crippen molar-refractivity contribution < 1.29 is 38.4 Å². The van der Waals surface area contributed by atoms with Gasteiger partial charge in [0, 0.05) is 5.92 Å². The fourth-order valence-electron chi connectivity index (χ4n) is 6.15. The molecule has 6 rings (SSSR count). The molecule has 1 heterocycles. The van der Waals surface area contributed by atoms with E-state index in [4.69, 9.17) is 23.7 Å². The van der Waals surface area contributed by atoms with Crippen LogP contribution in [0, 0.1) is 0 Å². The number of hydrogen-bond donors (Lipinski definition) is 2. The van der Waals surface area contributed by atoms with E-state index < -0.39 is 24.3 Å². The molecule has 0 spiro atoms. The van der Waals surface area contributed by atoms with Crippen LogP contribution in [0.25, 0.3) is 23.3 Å². The highest BCUT2D eigenvalue weighted by molar-refractivity contribution is 6.22. The van der Waals surface area contributed by atoms with E-state index in [1.165, 1.54) is 4.90 Å². The zero-order valence-corrected chi connectivity index (χ0v) is 26.6. The molecule has 4 aromatic rings. The summed E-state index contributed by atoms with van der Waals surface area (Å²) in [5, 5.41) is 13.0. The molecule has 1 aliphatic heterocycles. The Balaban J connectivity index is 1.21. The van der Waals surface area contributed by atoms with Crippen LogP contribution in [-0.2, 0) is 9.53 Å². The first-order valence-electron chi connectivity index (χ1n) is 15.2. The third-order valence-electron chi connectivity index (χ3n) is 8.45. The number of nitrogens with one attached hydrogen (secondary N) is 1. The maximum Gasteiger partial charge on any atom is 0.409 e. The van der Waals surface area contributed by atoms with Gasteiger partial charge < -0.3 is 28.8 Å². The van der Waals surface area contributed by atoms with Crippen LogP contribution in [0.2, 0.25) is 0 Å². The molecule has 0 radical (unpaired) electrons. The molecule has 2 aliphatic rings. The van der Waals surface area contributed by atoms with Crippen molar-refractivity contribution in [2.45, 2.75) is 18.5 Å². The average molecular weight is 637 g/mol. The van der Waals surface area contributed by atoms with Crippen LogP contribution < -0.4 is 29.2 Å². The van der Waals surface area contributed by atoms with Crippen LogP contribution in [0.5, 0.6) is 23.0 Å². The summed E-state index contributed by atoms with van der Waals surface area (Å²) in [5.41, 5.74) is 4.60. The topological polar surface area (TPSA) is 116 Å². The number of anilines is 1. The van der Waals surface area contributed by atoms with Crippen molar-refractivity contribution in [3.63, 3.8) is 0 Å². The molecule has 242 valence electrons. The van der Waals surface area contributed by atoms with Crippen molar-refractivity contribution in [1.82, 2.24) is 5.32 Å². The van der Waals surface area contributed by atoms with Crippen molar-refractivity contribution in [3.8, 4) is 34.1 Å². The van der Waals surface area contributed by atoms with Gasteiger partial charge in [0.05, 0.1) is 40.2 Å². The summed E-state index contributed by atoms with van der Waals surface area (Å²) in [6.45, 7) is 1.59. The van der Waals surface area contributed by atoms with Gasteiger partial charge in [-0.1, -0.05) is 66.7 Å². The van der Waals surface area contributed by atoms with Crippen LogP contribution in [0.15, 0.2) is 78.9 Å². The predicted molar refractivity (Wildman–Crippen MR) is 178 cm³/mol. The lowest BCUT2D eigenvalue weighted by Gasteiger charge is -2.19. The van der Waals surface area contributed by atoms with E-state index in [0.717, 1.165) is 33.4 Å². The van der Waals surface area contributed by atoms with Crippen LogP contribution in [0.3, 0.4) is 0 Å². The first-order chi connectivity index (χ1) is 22.9. The number of aliphatic hydroxyl groups is 1. The van der Waals surface area contributed by atoms with Gasteiger partial charge in [0.1, 0.15) is 12.4 Å². The molecule has 10 heteroatoms. The standard InChI is InChI=1S/C37H36N2O8/c1-5-46-31-17-16-23(14-15-24-19-32(43-2)34(45-4)33(20-24)44-3)18-30(31)39-35(41)37(39,22-40)38-36(42)47-21-29-27-12-8-6-10-25(27)26-11-7-9-13-28(26)29/h6-20,29,40H,5,21-22H2,1-4H3,(H,38,42)/b15-14-. The summed E-state index contributed by atoms with van der Waals surface area (Å²) >= 11 is 0. The van der Waals surface area contributed by atoms with Gasteiger partial charge in [0.25, 0.3) is 5.91 Å². The highest BCUT2D eigenvalue weighted by atomic mass is 16.6. The number of ether oxygens (including phenoxy) is 5. The summed E-state index contributed by atoms with van der Waals surface area (Å²) in [6, 6.07) is 25.0. The van der Waals surface area contributed by atoms with Gasteiger partial charge in [-0.2, -0.15) is 0 Å². The van der Waals surface area contributed by atoms with Gasteiger partial charge in [-0.3, -0.25) is 15.0 Å². The number of alkyl carbamates (subject to hydrolysis) is 1. The van der Waals surface area contributed by atoms with Crippen LogP contribution in [-0.4, -0.2) is 63.9 Å². The number of nitrogens with zero attached hydrogens (tertiary/aromatic N) is 1. The SMILES string of the molecule is CCOc1ccc(/C=C\c2cc(OC)c(OC)c(OC)c2)cc1N1C(=O)C1(CO)NC(=O)OCC1c2ccccc2-c2ccccc21. The smallest absolute Gasteiger partial charge is 0.409 e. The van der Waals surface area contributed by atoms with Crippen molar-refractivity contribution in [1.29, 1.82) is 0 Å². The Hall–Kier alpha value is -5.48. The Morgan fingerprint density at radius 1 is 0.851 bits per heavy atom. The number of rotatable bonds is 12. The number of aliphatic hydroxyl groups excluding tert-OH is 1. The third-order valence-corrected chi connectivity index (χ3v) is 8.45. The van der Waals surface area contributed by atoms with Crippen molar-refractivity contribution in [3.05, 3.63) is 101 Å². The molecule has 47 heavy (non-hydrogen) atoms. The Bertz CT molecular complexity index is 1780. The maximum absolute atomic E-state index is 13.3. The molecule has 2 amide bonds. The molecule has 1 saturated heterocycles. The minimum Gasteiger partial charge on any atom is -0.493 e. The number of carbonyl (C=O) groups excluding carboxylic acids is 2. The predicted octanol–water partition coefficient (Wildman–Crippen LogP) is 5.86. The van der Waals surface area contributed by atoms with E-state index in [1.54, 1.807) is 33.5 Å². The van der Waals surface area contributed by atoms with E-state index >= 15 is 0 Å². The number of amides is 2. The van der Waals surface area contributed by atoms with Crippen LogP contribution >= 0.6 is 0 Å². The maximum atomic E-state index is 13.3. The highest BCUT2D eigenvalue weighted by Gasteiger charge is 2.66. The summed E-state index contributed by atoms with van der Waals surface area (Å²) < 4.78 is 27.8. The van der Waals surface area contributed by atoms with Gasteiger partial charge >= 0.3 is 6.09 Å². The lowest BCUT2D eigenvalue weighted by Crippen LogP contribution is -2.45. The van der Waals surface area contributed by atoms with Gasteiger partial charge in [-0.15, -0.1) is 0 Å². The monoisotopic (exact) mass is 636 g/mol. The first kappa shape index (κ1) is 31.5. The molecule has 1 fully saturated rings. The number of hydrogen-bond acceptors (Lipinski definition) is 8. The van der Waals surface area contributed by atoms with Crippen molar-refractivity contribution >= 4 is 29.8 Å². The van der Waals surface area contributed by atoms with Crippen molar-refractivity contribution in [2.75, 3.05) is 46.0 Å². The van der Waals surface area contributed by atoms with E-state index in [2.05, 4.69) is 17.4 Å². The fourth-order valence-corrected chi connectivity index (χ4v) is 6.15. The minimum absolute atomic E-state index is 0.0704. The highest BCUT2D eigenvalue weighted by Crippen LogP contribution is 2.46.